The molecule has 5 atom stereocenters. The second kappa shape index (κ2) is 12.7. The summed E-state index contributed by atoms with van der Waals surface area (Å²) >= 11 is 0. The highest BCUT2D eigenvalue weighted by Crippen LogP contribution is 2.42. The lowest BCUT2D eigenvalue weighted by molar-refractivity contribution is -0.167. The maximum atomic E-state index is 15.6. The molecule has 0 radical (unpaired) electrons. The van der Waals surface area contributed by atoms with Crippen LogP contribution in [-0.4, -0.2) is 79.8 Å². The SMILES string of the molecule is COCCCC[C@](O)(c1cccc(F)c1-c1cc(C)cc(OC)c1)[C@H]1CN(C(=O)[C@H]2C[C@@H](N)[C@@H](O)C2)CCO1. The summed E-state index contributed by atoms with van der Waals surface area (Å²) in [6.45, 7) is 3.20. The Morgan fingerprint density at radius 2 is 2.03 bits per heavy atom. The topological polar surface area (TPSA) is 114 Å². The molecule has 1 aliphatic heterocycles. The van der Waals surface area contributed by atoms with Gasteiger partial charge in [0.2, 0.25) is 5.91 Å². The maximum Gasteiger partial charge on any atom is 0.226 e. The second-order valence-corrected chi connectivity index (χ2v) is 10.8. The van der Waals surface area contributed by atoms with E-state index in [9.17, 15) is 15.0 Å². The number of hydrogen-bond acceptors (Lipinski definition) is 7. The van der Waals surface area contributed by atoms with E-state index in [1.54, 1.807) is 37.3 Å². The molecule has 2 aromatic carbocycles. The summed E-state index contributed by atoms with van der Waals surface area (Å²) in [6.07, 6.45) is 0.859. The van der Waals surface area contributed by atoms with Gasteiger partial charge in [0.05, 0.1) is 26.4 Å². The normalized spacial score (nSPS) is 24.9. The van der Waals surface area contributed by atoms with E-state index in [1.807, 2.05) is 19.1 Å². The smallest absolute Gasteiger partial charge is 0.226 e. The number of methoxy groups -OCH3 is 2. The van der Waals surface area contributed by atoms with E-state index in [0.717, 1.165) is 5.56 Å². The van der Waals surface area contributed by atoms with Crippen molar-refractivity contribution in [1.82, 2.24) is 4.90 Å². The van der Waals surface area contributed by atoms with Crippen molar-refractivity contribution >= 4 is 5.91 Å². The third-order valence-corrected chi connectivity index (χ3v) is 8.05. The van der Waals surface area contributed by atoms with Crippen molar-refractivity contribution in [3.63, 3.8) is 0 Å². The highest BCUT2D eigenvalue weighted by Gasteiger charge is 2.46. The summed E-state index contributed by atoms with van der Waals surface area (Å²) < 4.78 is 32.4. The van der Waals surface area contributed by atoms with Gasteiger partial charge in [-0.1, -0.05) is 18.2 Å². The van der Waals surface area contributed by atoms with Crippen molar-refractivity contribution < 1.29 is 33.6 Å². The molecule has 2 fully saturated rings. The van der Waals surface area contributed by atoms with Crippen LogP contribution < -0.4 is 10.5 Å². The first kappa shape index (κ1) is 29.4. The van der Waals surface area contributed by atoms with E-state index in [0.29, 0.717) is 55.7 Å². The Balaban J connectivity index is 1.71. The van der Waals surface area contributed by atoms with Gasteiger partial charge in [0, 0.05) is 37.8 Å². The van der Waals surface area contributed by atoms with Gasteiger partial charge in [0.1, 0.15) is 23.3 Å². The Morgan fingerprint density at radius 3 is 2.72 bits per heavy atom. The van der Waals surface area contributed by atoms with Gasteiger partial charge in [0.15, 0.2) is 0 Å². The number of unbranched alkanes of at least 4 members (excludes halogenated alkanes) is 1. The lowest BCUT2D eigenvalue weighted by Crippen LogP contribution is -2.55. The summed E-state index contributed by atoms with van der Waals surface area (Å²) in [4.78, 5) is 15.1. The number of morpholine rings is 1. The fourth-order valence-corrected chi connectivity index (χ4v) is 5.94. The number of carbonyl (C=O) groups is 1. The minimum Gasteiger partial charge on any atom is -0.497 e. The number of halogens is 1. The Bertz CT molecular complexity index is 1140. The van der Waals surface area contributed by atoms with Gasteiger partial charge < -0.3 is 35.1 Å². The molecule has 2 aliphatic rings. The Morgan fingerprint density at radius 1 is 1.23 bits per heavy atom. The molecule has 39 heavy (non-hydrogen) atoms. The summed E-state index contributed by atoms with van der Waals surface area (Å²) in [5, 5.41) is 22.5. The van der Waals surface area contributed by atoms with Crippen molar-refractivity contribution in [3.8, 4) is 16.9 Å². The van der Waals surface area contributed by atoms with Crippen LogP contribution in [0.15, 0.2) is 36.4 Å². The first-order valence-electron chi connectivity index (χ1n) is 13.7. The number of hydrogen-bond donors (Lipinski definition) is 3. The predicted molar refractivity (Wildman–Crippen MR) is 146 cm³/mol. The molecule has 0 bridgehead atoms. The van der Waals surface area contributed by atoms with Gasteiger partial charge in [-0.2, -0.15) is 0 Å². The van der Waals surface area contributed by atoms with Crippen molar-refractivity contribution in [3.05, 3.63) is 53.3 Å². The molecule has 9 heteroatoms. The van der Waals surface area contributed by atoms with Crippen LogP contribution in [0.1, 0.15) is 43.2 Å². The van der Waals surface area contributed by atoms with E-state index < -0.39 is 29.7 Å². The fourth-order valence-electron chi connectivity index (χ4n) is 5.94. The highest BCUT2D eigenvalue weighted by molar-refractivity contribution is 5.79. The average molecular weight is 545 g/mol. The van der Waals surface area contributed by atoms with Crippen LogP contribution in [0.4, 0.5) is 4.39 Å². The molecule has 1 aliphatic carbocycles. The zero-order valence-corrected chi connectivity index (χ0v) is 23.1. The van der Waals surface area contributed by atoms with Gasteiger partial charge >= 0.3 is 0 Å². The first-order chi connectivity index (χ1) is 18.7. The quantitative estimate of drug-likeness (QED) is 0.394. The molecule has 0 spiro atoms. The number of nitrogens with zero attached hydrogens (tertiary/aromatic N) is 1. The predicted octanol–water partition coefficient (Wildman–Crippen LogP) is 3.14. The Labute approximate surface area is 229 Å². The molecule has 8 nitrogen and oxygen atoms in total. The number of nitrogens with two attached hydrogens (primary N) is 1. The summed E-state index contributed by atoms with van der Waals surface area (Å²) in [5.74, 6) is -0.341. The molecular weight excluding hydrogens is 503 g/mol. The van der Waals surface area contributed by atoms with Gasteiger partial charge in [-0.15, -0.1) is 0 Å². The number of benzene rings is 2. The molecule has 4 rings (SSSR count). The number of amides is 1. The van der Waals surface area contributed by atoms with Crippen LogP contribution in [0.25, 0.3) is 11.1 Å². The van der Waals surface area contributed by atoms with E-state index in [-0.39, 0.29) is 37.0 Å². The van der Waals surface area contributed by atoms with Crippen LogP contribution >= 0.6 is 0 Å². The van der Waals surface area contributed by atoms with E-state index in [2.05, 4.69) is 0 Å². The molecule has 2 aromatic rings. The monoisotopic (exact) mass is 544 g/mol. The van der Waals surface area contributed by atoms with Crippen molar-refractivity contribution in [2.24, 2.45) is 11.7 Å². The first-order valence-corrected chi connectivity index (χ1v) is 13.7. The lowest BCUT2D eigenvalue weighted by Gasteiger charge is -2.43. The van der Waals surface area contributed by atoms with Crippen LogP contribution in [0, 0.1) is 18.7 Å². The number of ether oxygens (including phenoxy) is 3. The number of aryl methyl sites for hydroxylation is 1. The minimum atomic E-state index is -1.59. The molecule has 0 unspecified atom stereocenters. The van der Waals surface area contributed by atoms with Crippen LogP contribution in [0.3, 0.4) is 0 Å². The van der Waals surface area contributed by atoms with E-state index in [4.69, 9.17) is 19.9 Å². The van der Waals surface area contributed by atoms with Crippen LogP contribution in [0.2, 0.25) is 0 Å². The van der Waals surface area contributed by atoms with Gasteiger partial charge in [-0.25, -0.2) is 4.39 Å². The maximum absolute atomic E-state index is 15.6. The van der Waals surface area contributed by atoms with Gasteiger partial charge in [0.25, 0.3) is 0 Å². The largest absolute Gasteiger partial charge is 0.497 e. The molecule has 214 valence electrons. The fraction of sp³-hybridized carbons (Fsp3) is 0.567. The van der Waals surface area contributed by atoms with Crippen molar-refractivity contribution in [2.75, 3.05) is 40.5 Å². The van der Waals surface area contributed by atoms with E-state index in [1.165, 1.54) is 6.07 Å². The van der Waals surface area contributed by atoms with Gasteiger partial charge in [-0.3, -0.25) is 4.79 Å². The van der Waals surface area contributed by atoms with Crippen LogP contribution in [-0.2, 0) is 19.9 Å². The molecular formula is C30H41FN2O6. The van der Waals surface area contributed by atoms with Gasteiger partial charge in [-0.05, 0) is 73.9 Å². The second-order valence-electron chi connectivity index (χ2n) is 10.8. The minimum absolute atomic E-state index is 0.0973. The number of aliphatic hydroxyl groups is 2. The third-order valence-electron chi connectivity index (χ3n) is 8.05. The molecule has 1 amide bonds. The number of rotatable bonds is 10. The summed E-state index contributed by atoms with van der Waals surface area (Å²) in [5.41, 5.74) is 6.55. The number of aliphatic hydroxyl groups excluding tert-OH is 1. The third kappa shape index (κ3) is 6.44. The zero-order valence-electron chi connectivity index (χ0n) is 23.1. The van der Waals surface area contributed by atoms with Crippen LogP contribution in [0.5, 0.6) is 5.75 Å². The highest BCUT2D eigenvalue weighted by atomic mass is 19.1. The standard InChI is InChI=1S/C30H41FN2O6/c1-19-13-20(15-22(14-19)38-3)28-23(7-6-8-24(28)31)30(36,9-4-5-11-37-2)27-18-33(10-12-39-27)29(35)21-16-25(32)26(34)17-21/h6-8,13-15,21,25-27,34,36H,4-5,9-12,16-18,32H2,1-3H3/t21-,25+,26-,27+,30-/m0/s1. The molecule has 1 saturated heterocycles. The Kier molecular flexibility index (Phi) is 9.61. The van der Waals surface area contributed by atoms with Crippen molar-refractivity contribution in [2.45, 2.75) is 62.9 Å². The zero-order chi connectivity index (χ0) is 28.2. The lowest BCUT2D eigenvalue weighted by atomic mass is 9.78. The number of carbonyl (C=O) groups excluding carboxylic acids is 1. The summed E-state index contributed by atoms with van der Waals surface area (Å²) in [6, 6.07) is 9.77. The van der Waals surface area contributed by atoms with E-state index >= 15 is 4.39 Å². The van der Waals surface area contributed by atoms with Crippen molar-refractivity contribution in [1.29, 1.82) is 0 Å². The molecule has 1 heterocycles. The Hall–Kier alpha value is -2.56. The summed E-state index contributed by atoms with van der Waals surface area (Å²) in [7, 11) is 3.19. The molecule has 1 saturated carbocycles. The molecule has 4 N–H and O–H groups in total. The molecule has 0 aromatic heterocycles. The average Bonchev–Trinajstić information content (AvgIpc) is 3.27.